The molecule has 1 heterocycles. The zero-order valence-corrected chi connectivity index (χ0v) is 13.2. The van der Waals surface area contributed by atoms with Crippen LogP contribution in [0.4, 0.5) is 5.69 Å². The minimum atomic E-state index is -3.58. The van der Waals surface area contributed by atoms with Crippen LogP contribution in [0.5, 0.6) is 0 Å². The molecule has 21 heavy (non-hydrogen) atoms. The van der Waals surface area contributed by atoms with E-state index in [4.69, 9.17) is 0 Å². The first kappa shape index (κ1) is 17.8. The van der Waals surface area contributed by atoms with Crippen molar-refractivity contribution < 1.29 is 13.3 Å². The van der Waals surface area contributed by atoms with E-state index < -0.39 is 14.9 Å². The Balaban J connectivity index is 0.00000220. The maximum absolute atomic E-state index is 12.5. The molecule has 0 spiro atoms. The van der Waals surface area contributed by atoms with Crippen LogP contribution in [0.25, 0.3) is 0 Å². The van der Waals surface area contributed by atoms with Crippen LogP contribution in [-0.2, 0) is 10.0 Å². The molecule has 0 bridgehead atoms. The van der Waals surface area contributed by atoms with E-state index in [2.05, 4.69) is 5.32 Å². The lowest BCUT2D eigenvalue weighted by Gasteiger charge is -2.23. The number of sulfonamides is 1. The summed E-state index contributed by atoms with van der Waals surface area (Å²) < 4.78 is 26.5. The van der Waals surface area contributed by atoms with Crippen LogP contribution in [0.15, 0.2) is 29.2 Å². The predicted molar refractivity (Wildman–Crippen MR) is 81.2 cm³/mol. The summed E-state index contributed by atoms with van der Waals surface area (Å²) in [5.41, 5.74) is -0.114. The third-order valence-electron chi connectivity index (χ3n) is 3.42. The van der Waals surface area contributed by atoms with Crippen molar-refractivity contribution in [3.8, 4) is 0 Å². The normalized spacial score (nSPS) is 19.2. The van der Waals surface area contributed by atoms with E-state index >= 15 is 0 Å². The van der Waals surface area contributed by atoms with Gasteiger partial charge in [0.25, 0.3) is 5.69 Å². The van der Waals surface area contributed by atoms with Gasteiger partial charge in [-0.15, -0.1) is 12.4 Å². The first-order valence-corrected chi connectivity index (χ1v) is 7.81. The number of hydrogen-bond donors (Lipinski definition) is 1. The van der Waals surface area contributed by atoms with Crippen molar-refractivity contribution in [2.24, 2.45) is 0 Å². The molecule has 1 aromatic carbocycles. The fourth-order valence-corrected chi connectivity index (χ4v) is 4.13. The predicted octanol–water partition coefficient (Wildman–Crippen LogP) is 1.39. The highest BCUT2D eigenvalue weighted by atomic mass is 35.5. The summed E-state index contributed by atoms with van der Waals surface area (Å²) in [6.07, 6.45) is 1.66. The van der Waals surface area contributed by atoms with E-state index in [0.717, 1.165) is 12.8 Å². The molecule has 1 atom stereocenters. The summed E-state index contributed by atoms with van der Waals surface area (Å²) in [5, 5.41) is 13.6. The van der Waals surface area contributed by atoms with Crippen molar-refractivity contribution in [2.75, 3.05) is 20.1 Å². The average Bonchev–Trinajstić information content (AvgIpc) is 2.88. The number of non-ortho nitro benzene ring substituents is 1. The number of nitrogens with zero attached hydrogens (tertiary/aromatic N) is 2. The molecule has 0 aromatic heterocycles. The van der Waals surface area contributed by atoms with Gasteiger partial charge in [0.05, 0.1) is 9.82 Å². The summed E-state index contributed by atoms with van der Waals surface area (Å²) in [6, 6.07) is 4.97. The van der Waals surface area contributed by atoms with Gasteiger partial charge in [0.1, 0.15) is 0 Å². The highest BCUT2D eigenvalue weighted by Crippen LogP contribution is 2.26. The zero-order chi connectivity index (χ0) is 14.8. The van der Waals surface area contributed by atoms with Gasteiger partial charge in [-0.05, 0) is 32.0 Å². The van der Waals surface area contributed by atoms with Crippen LogP contribution in [0.1, 0.15) is 12.8 Å². The van der Waals surface area contributed by atoms with Crippen molar-refractivity contribution in [1.82, 2.24) is 9.62 Å². The molecule has 1 fully saturated rings. The molecule has 0 radical (unpaired) electrons. The number of rotatable bonds is 5. The van der Waals surface area contributed by atoms with Gasteiger partial charge in [0.15, 0.2) is 0 Å². The summed E-state index contributed by atoms with van der Waals surface area (Å²) in [4.78, 5) is 10.2. The largest absolute Gasteiger partial charge is 0.318 e. The van der Waals surface area contributed by atoms with Crippen molar-refractivity contribution in [3.63, 3.8) is 0 Å². The molecule has 0 saturated carbocycles. The number of nitrogens with one attached hydrogen (secondary N) is 1. The number of nitro benzene ring substituents is 1. The topological polar surface area (TPSA) is 92.6 Å². The average molecular weight is 336 g/mol. The van der Waals surface area contributed by atoms with Crippen LogP contribution in [0, 0.1) is 10.1 Å². The Morgan fingerprint density at radius 1 is 1.38 bits per heavy atom. The summed E-state index contributed by atoms with van der Waals surface area (Å²) in [7, 11) is -1.80. The smallest absolute Gasteiger partial charge is 0.269 e. The standard InChI is InChI=1S/C12H17N3O4S.ClH/c1-13-9-11-3-2-8-14(11)20(18,19)12-6-4-10(5-7-12)15(16)17;/h4-7,11,13H,2-3,8-9H2,1H3;1H. The first-order chi connectivity index (χ1) is 9.46. The Morgan fingerprint density at radius 3 is 2.52 bits per heavy atom. The molecule has 1 N–H and O–H groups in total. The molecular formula is C12H18ClN3O4S. The van der Waals surface area contributed by atoms with Gasteiger partial charge in [-0.3, -0.25) is 10.1 Å². The number of nitro groups is 1. The monoisotopic (exact) mass is 335 g/mol. The fraction of sp³-hybridized carbons (Fsp3) is 0.500. The highest BCUT2D eigenvalue weighted by Gasteiger charge is 2.34. The maximum Gasteiger partial charge on any atom is 0.269 e. The molecule has 118 valence electrons. The Hall–Kier alpha value is -1.22. The molecular weight excluding hydrogens is 318 g/mol. The van der Waals surface area contributed by atoms with Crippen LogP contribution >= 0.6 is 12.4 Å². The van der Waals surface area contributed by atoms with E-state index in [-0.39, 0.29) is 29.0 Å². The lowest BCUT2D eigenvalue weighted by atomic mass is 10.2. The number of hydrogen-bond acceptors (Lipinski definition) is 5. The molecule has 1 aliphatic rings. The molecule has 9 heteroatoms. The molecule has 1 saturated heterocycles. The van der Waals surface area contributed by atoms with Gasteiger partial charge in [0.2, 0.25) is 10.0 Å². The number of likely N-dealkylation sites (N-methyl/N-ethyl adjacent to an activating group) is 1. The fourth-order valence-electron chi connectivity index (χ4n) is 2.44. The first-order valence-electron chi connectivity index (χ1n) is 6.37. The van der Waals surface area contributed by atoms with Crippen LogP contribution < -0.4 is 5.32 Å². The van der Waals surface area contributed by atoms with E-state index in [9.17, 15) is 18.5 Å². The van der Waals surface area contributed by atoms with Gasteiger partial charge >= 0.3 is 0 Å². The van der Waals surface area contributed by atoms with E-state index in [1.54, 1.807) is 7.05 Å². The minimum absolute atomic E-state index is 0. The number of halogens is 1. The molecule has 1 unspecified atom stereocenters. The van der Waals surface area contributed by atoms with Gasteiger partial charge < -0.3 is 5.32 Å². The van der Waals surface area contributed by atoms with E-state index in [0.29, 0.717) is 13.1 Å². The van der Waals surface area contributed by atoms with Crippen LogP contribution in [0.3, 0.4) is 0 Å². The van der Waals surface area contributed by atoms with Crippen molar-refractivity contribution >= 4 is 28.1 Å². The maximum atomic E-state index is 12.5. The molecule has 0 amide bonds. The molecule has 1 aromatic rings. The lowest BCUT2D eigenvalue weighted by molar-refractivity contribution is -0.384. The van der Waals surface area contributed by atoms with Crippen molar-refractivity contribution in [2.45, 2.75) is 23.8 Å². The second-order valence-corrected chi connectivity index (χ2v) is 6.61. The van der Waals surface area contributed by atoms with Gasteiger partial charge in [-0.2, -0.15) is 4.31 Å². The summed E-state index contributed by atoms with van der Waals surface area (Å²) in [6.45, 7) is 1.10. The Kier molecular flexibility index (Phi) is 6.09. The quantitative estimate of drug-likeness (QED) is 0.648. The molecule has 0 aliphatic carbocycles. The Bertz CT molecular complexity index is 591. The highest BCUT2D eigenvalue weighted by molar-refractivity contribution is 7.89. The van der Waals surface area contributed by atoms with Gasteiger partial charge in [0, 0.05) is 31.3 Å². The molecule has 1 aliphatic heterocycles. The van der Waals surface area contributed by atoms with E-state index in [1.807, 2.05) is 0 Å². The molecule has 2 rings (SSSR count). The Morgan fingerprint density at radius 2 is 2.00 bits per heavy atom. The minimum Gasteiger partial charge on any atom is -0.318 e. The van der Waals surface area contributed by atoms with Gasteiger partial charge in [-0.1, -0.05) is 0 Å². The second kappa shape index (κ2) is 7.17. The summed E-state index contributed by atoms with van der Waals surface area (Å²) in [5.74, 6) is 0. The van der Waals surface area contributed by atoms with Crippen molar-refractivity contribution in [3.05, 3.63) is 34.4 Å². The van der Waals surface area contributed by atoms with E-state index in [1.165, 1.54) is 28.6 Å². The van der Waals surface area contributed by atoms with Crippen LogP contribution in [0.2, 0.25) is 0 Å². The third-order valence-corrected chi connectivity index (χ3v) is 5.38. The van der Waals surface area contributed by atoms with Gasteiger partial charge in [-0.25, -0.2) is 8.42 Å². The lowest BCUT2D eigenvalue weighted by Crippen LogP contribution is -2.40. The third kappa shape index (κ3) is 3.70. The molecule has 7 nitrogen and oxygen atoms in total. The number of benzene rings is 1. The second-order valence-electron chi connectivity index (χ2n) is 4.72. The SMILES string of the molecule is CNCC1CCCN1S(=O)(=O)c1ccc([N+](=O)[O-])cc1.Cl. The zero-order valence-electron chi connectivity index (χ0n) is 11.6. The summed E-state index contributed by atoms with van der Waals surface area (Å²) >= 11 is 0. The van der Waals surface area contributed by atoms with Crippen LogP contribution in [-0.4, -0.2) is 43.8 Å². The van der Waals surface area contributed by atoms with Crippen molar-refractivity contribution in [1.29, 1.82) is 0 Å². The Labute approximate surface area is 129 Å².